The van der Waals surface area contributed by atoms with Crippen molar-refractivity contribution in [3.63, 3.8) is 0 Å². The lowest BCUT2D eigenvalue weighted by Gasteiger charge is -2.18. The summed E-state index contributed by atoms with van der Waals surface area (Å²) in [6.07, 6.45) is 4.41. The van der Waals surface area contributed by atoms with Gasteiger partial charge in [0.25, 0.3) is 0 Å². The highest BCUT2D eigenvalue weighted by Gasteiger charge is 2.17. The Labute approximate surface area is 126 Å². The van der Waals surface area contributed by atoms with Gasteiger partial charge in [-0.25, -0.2) is 0 Å². The van der Waals surface area contributed by atoms with Gasteiger partial charge in [-0.1, -0.05) is 18.9 Å². The highest BCUT2D eigenvalue weighted by molar-refractivity contribution is 5.51. The molecule has 0 aliphatic heterocycles. The summed E-state index contributed by atoms with van der Waals surface area (Å²) in [5.74, 6) is 1.73. The predicted molar refractivity (Wildman–Crippen MR) is 81.3 cm³/mol. The summed E-state index contributed by atoms with van der Waals surface area (Å²) < 4.78 is 16.2. The molecular formula is C16H25NO4. The first-order valence-corrected chi connectivity index (χ1v) is 7.49. The standard InChI is InChI=1S/C16H25NO4/c1-19-14-8-5-9-15(20-2)16(14)21-11-13(18)10-17-12-6-3-4-7-12/h5,8-9,12-13,17-18H,3-4,6-7,10-11H2,1-2H3. The molecule has 0 spiro atoms. The van der Waals surface area contributed by atoms with Crippen LogP contribution in [-0.4, -0.2) is 44.6 Å². The highest BCUT2D eigenvalue weighted by Crippen LogP contribution is 2.36. The van der Waals surface area contributed by atoms with E-state index in [0.29, 0.717) is 29.8 Å². The van der Waals surface area contributed by atoms with Crippen molar-refractivity contribution in [3.8, 4) is 17.2 Å². The molecule has 0 heterocycles. The lowest BCUT2D eigenvalue weighted by molar-refractivity contribution is 0.100. The van der Waals surface area contributed by atoms with Crippen LogP contribution in [0.2, 0.25) is 0 Å². The quantitative estimate of drug-likeness (QED) is 0.768. The summed E-state index contributed by atoms with van der Waals surface area (Å²) in [4.78, 5) is 0. The first-order chi connectivity index (χ1) is 10.2. The van der Waals surface area contributed by atoms with E-state index in [4.69, 9.17) is 14.2 Å². The predicted octanol–water partition coefficient (Wildman–Crippen LogP) is 1.98. The van der Waals surface area contributed by atoms with E-state index in [-0.39, 0.29) is 6.61 Å². The van der Waals surface area contributed by atoms with Crippen LogP contribution in [0.3, 0.4) is 0 Å². The minimum Gasteiger partial charge on any atom is -0.493 e. The molecule has 0 saturated heterocycles. The van der Waals surface area contributed by atoms with Crippen LogP contribution in [0, 0.1) is 0 Å². The molecule has 1 aliphatic carbocycles. The number of ether oxygens (including phenoxy) is 3. The van der Waals surface area contributed by atoms with Crippen LogP contribution in [-0.2, 0) is 0 Å². The van der Waals surface area contributed by atoms with Crippen LogP contribution in [0.4, 0.5) is 0 Å². The number of para-hydroxylation sites is 1. The largest absolute Gasteiger partial charge is 0.493 e. The summed E-state index contributed by atoms with van der Waals surface area (Å²) in [5, 5.41) is 13.4. The molecule has 118 valence electrons. The molecule has 1 aliphatic rings. The van der Waals surface area contributed by atoms with E-state index < -0.39 is 6.10 Å². The number of hydrogen-bond acceptors (Lipinski definition) is 5. The van der Waals surface area contributed by atoms with Crippen molar-refractivity contribution in [1.82, 2.24) is 5.32 Å². The van der Waals surface area contributed by atoms with Crippen molar-refractivity contribution in [2.24, 2.45) is 0 Å². The van der Waals surface area contributed by atoms with Crippen LogP contribution >= 0.6 is 0 Å². The van der Waals surface area contributed by atoms with Crippen molar-refractivity contribution >= 4 is 0 Å². The van der Waals surface area contributed by atoms with Gasteiger partial charge in [-0.2, -0.15) is 0 Å². The molecule has 1 saturated carbocycles. The Morgan fingerprint density at radius 2 is 1.81 bits per heavy atom. The van der Waals surface area contributed by atoms with Crippen LogP contribution < -0.4 is 19.5 Å². The average Bonchev–Trinajstić information content (AvgIpc) is 3.03. The first kappa shape index (κ1) is 15.9. The van der Waals surface area contributed by atoms with Crippen LogP contribution in [0.1, 0.15) is 25.7 Å². The Bertz CT molecular complexity index is 410. The van der Waals surface area contributed by atoms with Crippen molar-refractivity contribution in [2.45, 2.75) is 37.8 Å². The summed E-state index contributed by atoms with van der Waals surface area (Å²) in [5.41, 5.74) is 0. The van der Waals surface area contributed by atoms with E-state index in [1.165, 1.54) is 25.7 Å². The number of benzene rings is 1. The van der Waals surface area contributed by atoms with Crippen molar-refractivity contribution in [2.75, 3.05) is 27.4 Å². The van der Waals surface area contributed by atoms with Gasteiger partial charge in [0.1, 0.15) is 12.7 Å². The van der Waals surface area contributed by atoms with Gasteiger partial charge in [0.05, 0.1) is 14.2 Å². The van der Waals surface area contributed by atoms with Gasteiger partial charge in [0.15, 0.2) is 11.5 Å². The van der Waals surface area contributed by atoms with Crippen molar-refractivity contribution < 1.29 is 19.3 Å². The zero-order valence-corrected chi connectivity index (χ0v) is 12.8. The highest BCUT2D eigenvalue weighted by atomic mass is 16.5. The Kier molecular flexibility index (Phi) is 6.14. The maximum Gasteiger partial charge on any atom is 0.203 e. The molecule has 0 bridgehead atoms. The summed E-state index contributed by atoms with van der Waals surface area (Å²) in [7, 11) is 3.17. The molecule has 2 N–H and O–H groups in total. The van der Waals surface area contributed by atoms with Gasteiger partial charge in [0.2, 0.25) is 5.75 Å². The lowest BCUT2D eigenvalue weighted by atomic mass is 10.2. The van der Waals surface area contributed by atoms with E-state index in [0.717, 1.165) is 0 Å². The van der Waals surface area contributed by atoms with Gasteiger partial charge in [-0.15, -0.1) is 0 Å². The molecule has 1 aromatic carbocycles. The molecule has 1 aromatic rings. The molecule has 1 atom stereocenters. The minimum absolute atomic E-state index is 0.205. The third kappa shape index (κ3) is 4.51. The first-order valence-electron chi connectivity index (χ1n) is 7.49. The molecule has 5 heteroatoms. The maximum atomic E-state index is 10.0. The second-order valence-corrected chi connectivity index (χ2v) is 5.35. The van der Waals surface area contributed by atoms with Crippen LogP contribution in [0.5, 0.6) is 17.2 Å². The Hall–Kier alpha value is -1.46. The number of nitrogens with one attached hydrogen (secondary N) is 1. The van der Waals surface area contributed by atoms with E-state index >= 15 is 0 Å². The number of rotatable bonds is 8. The number of aliphatic hydroxyl groups is 1. The third-order valence-corrected chi connectivity index (χ3v) is 3.80. The fourth-order valence-corrected chi connectivity index (χ4v) is 2.63. The van der Waals surface area contributed by atoms with Gasteiger partial charge in [0, 0.05) is 12.6 Å². The van der Waals surface area contributed by atoms with E-state index in [9.17, 15) is 5.11 Å². The monoisotopic (exact) mass is 295 g/mol. The molecule has 21 heavy (non-hydrogen) atoms. The topological polar surface area (TPSA) is 60.0 Å². The van der Waals surface area contributed by atoms with Gasteiger partial charge in [-0.05, 0) is 25.0 Å². The molecule has 1 unspecified atom stereocenters. The molecule has 0 aromatic heterocycles. The number of methoxy groups -OCH3 is 2. The number of aliphatic hydroxyl groups excluding tert-OH is 1. The van der Waals surface area contributed by atoms with Gasteiger partial charge in [-0.3, -0.25) is 0 Å². The smallest absolute Gasteiger partial charge is 0.203 e. The minimum atomic E-state index is -0.555. The molecular weight excluding hydrogens is 270 g/mol. The zero-order valence-electron chi connectivity index (χ0n) is 12.8. The second-order valence-electron chi connectivity index (χ2n) is 5.35. The Morgan fingerprint density at radius 1 is 1.19 bits per heavy atom. The maximum absolute atomic E-state index is 10.0. The molecule has 0 radical (unpaired) electrons. The zero-order chi connectivity index (χ0) is 15.1. The van der Waals surface area contributed by atoms with Crippen molar-refractivity contribution in [3.05, 3.63) is 18.2 Å². The number of hydrogen-bond donors (Lipinski definition) is 2. The fraction of sp³-hybridized carbons (Fsp3) is 0.625. The van der Waals surface area contributed by atoms with E-state index in [1.54, 1.807) is 26.4 Å². The Morgan fingerprint density at radius 3 is 2.38 bits per heavy atom. The van der Waals surface area contributed by atoms with Gasteiger partial charge < -0.3 is 24.6 Å². The fourth-order valence-electron chi connectivity index (χ4n) is 2.63. The molecule has 1 fully saturated rings. The summed E-state index contributed by atoms with van der Waals surface area (Å²) in [6.45, 7) is 0.749. The van der Waals surface area contributed by atoms with Crippen LogP contribution in [0.15, 0.2) is 18.2 Å². The van der Waals surface area contributed by atoms with Crippen LogP contribution in [0.25, 0.3) is 0 Å². The average molecular weight is 295 g/mol. The second kappa shape index (κ2) is 8.10. The molecule has 5 nitrogen and oxygen atoms in total. The molecule has 2 rings (SSSR count). The van der Waals surface area contributed by atoms with E-state index in [1.807, 2.05) is 6.07 Å². The van der Waals surface area contributed by atoms with E-state index in [2.05, 4.69) is 5.32 Å². The van der Waals surface area contributed by atoms with Crippen molar-refractivity contribution in [1.29, 1.82) is 0 Å². The van der Waals surface area contributed by atoms with Gasteiger partial charge >= 0.3 is 0 Å². The SMILES string of the molecule is COc1cccc(OC)c1OCC(O)CNC1CCCC1. The summed E-state index contributed by atoms with van der Waals surface area (Å²) in [6, 6.07) is 5.99. The summed E-state index contributed by atoms with van der Waals surface area (Å²) >= 11 is 0. The lowest BCUT2D eigenvalue weighted by Crippen LogP contribution is -2.36. The third-order valence-electron chi connectivity index (χ3n) is 3.80. The Balaban J connectivity index is 1.83. The molecule has 0 amide bonds. The normalized spacial score (nSPS) is 16.7.